The lowest BCUT2D eigenvalue weighted by molar-refractivity contribution is -0.141. The van der Waals surface area contributed by atoms with E-state index in [0.29, 0.717) is 18.7 Å². The fourth-order valence-electron chi connectivity index (χ4n) is 1.49. The summed E-state index contributed by atoms with van der Waals surface area (Å²) in [5.41, 5.74) is 6.44. The van der Waals surface area contributed by atoms with Gasteiger partial charge in [0, 0.05) is 25.1 Å². The monoisotopic (exact) mass is 255 g/mol. The van der Waals surface area contributed by atoms with Crippen LogP contribution >= 0.6 is 0 Å². The van der Waals surface area contributed by atoms with Gasteiger partial charge < -0.3 is 21.5 Å². The van der Waals surface area contributed by atoms with Gasteiger partial charge in [-0.25, -0.2) is 4.79 Å². The molecule has 7 heteroatoms. The summed E-state index contributed by atoms with van der Waals surface area (Å²) in [5, 5.41) is 14.3. The fraction of sp³-hybridized carbons (Fsp3) is 0.545. The maximum Gasteiger partial charge on any atom is 0.326 e. The summed E-state index contributed by atoms with van der Waals surface area (Å²) in [6.07, 6.45) is -0.0777. The second kappa shape index (κ2) is 6.15. The molecular weight excluding hydrogens is 238 g/mol. The lowest BCUT2D eigenvalue weighted by atomic mass is 10.0. The normalized spacial score (nSPS) is 15.5. The van der Waals surface area contributed by atoms with Crippen LogP contribution in [0.1, 0.15) is 19.8 Å². The molecule has 18 heavy (non-hydrogen) atoms. The highest BCUT2D eigenvalue weighted by atomic mass is 16.4. The molecule has 0 aliphatic carbocycles. The van der Waals surface area contributed by atoms with Gasteiger partial charge in [0.25, 0.3) is 0 Å². The second-order valence-electron chi connectivity index (χ2n) is 4.20. The van der Waals surface area contributed by atoms with Crippen molar-refractivity contribution in [2.24, 2.45) is 5.73 Å². The molecule has 0 aromatic heterocycles. The molecule has 1 atom stereocenters. The fourth-order valence-corrected chi connectivity index (χ4v) is 1.49. The number of aliphatic carboxylic acids is 1. The number of carbonyl (C=O) groups is 3. The quantitative estimate of drug-likeness (QED) is 0.441. The van der Waals surface area contributed by atoms with Crippen molar-refractivity contribution in [2.45, 2.75) is 25.8 Å². The topological polar surface area (TPSA) is 122 Å². The lowest BCUT2D eigenvalue weighted by Gasteiger charge is -2.22. The molecule has 0 bridgehead atoms. The molecule has 100 valence electrons. The Morgan fingerprint density at radius 1 is 1.44 bits per heavy atom. The van der Waals surface area contributed by atoms with E-state index in [4.69, 9.17) is 10.8 Å². The summed E-state index contributed by atoms with van der Waals surface area (Å²) in [7, 11) is 0. The third-order valence-corrected chi connectivity index (χ3v) is 2.83. The van der Waals surface area contributed by atoms with Gasteiger partial charge in [-0.15, -0.1) is 0 Å². The van der Waals surface area contributed by atoms with E-state index < -0.39 is 23.8 Å². The minimum Gasteiger partial charge on any atom is -0.480 e. The Morgan fingerprint density at radius 3 is 2.44 bits per heavy atom. The van der Waals surface area contributed by atoms with Gasteiger partial charge >= 0.3 is 5.97 Å². The standard InChI is InChI=1S/C11H17N3O4/c1-6(7-4-13-5-7)10(16)14-8(11(17)18)2-3-9(12)15/h8,13H,2-5H2,1H3,(H2,12,15)(H,14,16)(H,17,18). The Kier molecular flexibility index (Phi) is 4.85. The number of hydrogen-bond donors (Lipinski definition) is 4. The van der Waals surface area contributed by atoms with Crippen LogP contribution in [-0.2, 0) is 14.4 Å². The minimum atomic E-state index is -1.17. The van der Waals surface area contributed by atoms with Crippen LogP contribution in [0.5, 0.6) is 0 Å². The number of carboxylic acids is 1. The summed E-state index contributed by atoms with van der Waals surface area (Å²) in [6.45, 7) is 2.95. The Labute approximate surface area is 104 Å². The highest BCUT2D eigenvalue weighted by Crippen LogP contribution is 2.09. The van der Waals surface area contributed by atoms with Crippen LogP contribution in [0.25, 0.3) is 0 Å². The highest BCUT2D eigenvalue weighted by Gasteiger charge is 2.23. The van der Waals surface area contributed by atoms with Crippen LogP contribution < -0.4 is 16.4 Å². The Hall–Kier alpha value is -1.89. The lowest BCUT2D eigenvalue weighted by Crippen LogP contribution is -2.44. The van der Waals surface area contributed by atoms with Gasteiger partial charge in [-0.3, -0.25) is 9.59 Å². The first-order valence-electron chi connectivity index (χ1n) is 5.63. The molecule has 0 radical (unpaired) electrons. The first-order valence-corrected chi connectivity index (χ1v) is 5.63. The van der Waals surface area contributed by atoms with Gasteiger partial charge in [-0.05, 0) is 18.9 Å². The largest absolute Gasteiger partial charge is 0.480 e. The number of carbonyl (C=O) groups excluding carboxylic acids is 2. The zero-order valence-electron chi connectivity index (χ0n) is 10.2. The van der Waals surface area contributed by atoms with Crippen LogP contribution in [0, 0.1) is 0 Å². The first-order chi connectivity index (χ1) is 8.41. The number of nitrogens with two attached hydrogens (primary N) is 1. The molecule has 0 aromatic carbocycles. The Morgan fingerprint density at radius 2 is 2.06 bits per heavy atom. The van der Waals surface area contributed by atoms with Gasteiger partial charge in [0.15, 0.2) is 0 Å². The average Bonchev–Trinajstić information content (AvgIpc) is 2.20. The number of rotatable bonds is 6. The zero-order chi connectivity index (χ0) is 13.7. The van der Waals surface area contributed by atoms with Crippen molar-refractivity contribution in [1.82, 2.24) is 10.6 Å². The summed E-state index contributed by atoms with van der Waals surface area (Å²) in [5.74, 6) is -2.17. The van der Waals surface area contributed by atoms with Gasteiger partial charge in [0.2, 0.25) is 11.8 Å². The van der Waals surface area contributed by atoms with Crippen molar-refractivity contribution in [3.05, 3.63) is 11.1 Å². The highest BCUT2D eigenvalue weighted by molar-refractivity contribution is 5.96. The van der Waals surface area contributed by atoms with Crippen LogP contribution in [0.2, 0.25) is 0 Å². The summed E-state index contributed by atoms with van der Waals surface area (Å²) >= 11 is 0. The molecule has 1 fully saturated rings. The van der Waals surface area contributed by atoms with E-state index in [0.717, 1.165) is 5.57 Å². The maximum atomic E-state index is 11.8. The van der Waals surface area contributed by atoms with E-state index in [-0.39, 0.29) is 12.8 Å². The van der Waals surface area contributed by atoms with Crippen LogP contribution in [0.3, 0.4) is 0 Å². The zero-order valence-corrected chi connectivity index (χ0v) is 10.2. The van der Waals surface area contributed by atoms with E-state index >= 15 is 0 Å². The third-order valence-electron chi connectivity index (χ3n) is 2.83. The van der Waals surface area contributed by atoms with Gasteiger partial charge in [0.1, 0.15) is 6.04 Å². The van der Waals surface area contributed by atoms with E-state index in [1.165, 1.54) is 0 Å². The van der Waals surface area contributed by atoms with E-state index in [1.807, 2.05) is 0 Å². The molecule has 1 heterocycles. The summed E-state index contributed by atoms with van der Waals surface area (Å²) < 4.78 is 0. The van der Waals surface area contributed by atoms with Crippen LogP contribution in [0.15, 0.2) is 11.1 Å². The van der Waals surface area contributed by atoms with Crippen LogP contribution in [-0.4, -0.2) is 42.0 Å². The molecule has 0 saturated carbocycles. The van der Waals surface area contributed by atoms with Crippen molar-refractivity contribution < 1.29 is 19.5 Å². The minimum absolute atomic E-state index is 0.00271. The second-order valence-corrected chi connectivity index (χ2v) is 4.20. The third kappa shape index (κ3) is 3.85. The molecule has 1 unspecified atom stereocenters. The van der Waals surface area contributed by atoms with Crippen molar-refractivity contribution in [2.75, 3.05) is 13.1 Å². The first kappa shape index (κ1) is 14.2. The predicted molar refractivity (Wildman–Crippen MR) is 63.6 cm³/mol. The molecule has 2 amide bonds. The number of carboxylic acid groups (broad SMARTS) is 1. The summed E-state index contributed by atoms with van der Waals surface area (Å²) in [6, 6.07) is -1.09. The van der Waals surface area contributed by atoms with Crippen molar-refractivity contribution in [1.29, 1.82) is 0 Å². The van der Waals surface area contributed by atoms with Crippen molar-refractivity contribution in [3.8, 4) is 0 Å². The molecule has 1 rings (SSSR count). The number of nitrogens with one attached hydrogen (secondary N) is 2. The number of amides is 2. The van der Waals surface area contributed by atoms with Gasteiger partial charge in [0.05, 0.1) is 0 Å². The Bertz CT molecular complexity index is 397. The SMILES string of the molecule is CC(C(=O)NC(CCC(N)=O)C(=O)O)=C1CNC1. The van der Waals surface area contributed by atoms with Gasteiger partial charge in [-0.2, -0.15) is 0 Å². The average molecular weight is 255 g/mol. The number of primary amides is 1. The predicted octanol–water partition coefficient (Wildman–Crippen LogP) is -1.26. The number of hydrogen-bond acceptors (Lipinski definition) is 4. The van der Waals surface area contributed by atoms with Crippen LogP contribution in [0.4, 0.5) is 0 Å². The molecule has 7 nitrogen and oxygen atoms in total. The van der Waals surface area contributed by atoms with E-state index in [1.54, 1.807) is 6.92 Å². The van der Waals surface area contributed by atoms with Gasteiger partial charge in [-0.1, -0.05) is 0 Å². The van der Waals surface area contributed by atoms with Crippen molar-refractivity contribution in [3.63, 3.8) is 0 Å². The Balaban J connectivity index is 2.57. The molecule has 1 aliphatic rings. The molecule has 0 aromatic rings. The van der Waals surface area contributed by atoms with Crippen molar-refractivity contribution >= 4 is 17.8 Å². The molecule has 0 spiro atoms. The molecule has 1 aliphatic heterocycles. The molecule has 1 saturated heterocycles. The maximum absolute atomic E-state index is 11.8. The van der Waals surface area contributed by atoms with E-state index in [2.05, 4.69) is 10.6 Å². The molecule has 5 N–H and O–H groups in total. The summed E-state index contributed by atoms with van der Waals surface area (Å²) in [4.78, 5) is 33.3. The molecular formula is C11H17N3O4. The van der Waals surface area contributed by atoms with E-state index in [9.17, 15) is 14.4 Å². The smallest absolute Gasteiger partial charge is 0.326 e.